The van der Waals surface area contributed by atoms with Crippen LogP contribution in [-0.2, 0) is 26.2 Å². The normalized spacial score (nSPS) is 13.7. The van der Waals surface area contributed by atoms with Crippen molar-refractivity contribution in [3.63, 3.8) is 0 Å². The third kappa shape index (κ3) is 7.75. The quantitative estimate of drug-likeness (QED) is 0.479. The average molecular weight is 552 g/mol. The molecule has 0 saturated carbocycles. The number of rotatable bonds is 10. The first kappa shape index (κ1) is 28.6. The third-order valence-corrected chi connectivity index (χ3v) is 7.32. The Labute approximate surface area is 223 Å². The second kappa shape index (κ2) is 11.6. The highest BCUT2D eigenvalue weighted by atomic mass is 35.5. The molecule has 0 saturated heterocycles. The van der Waals surface area contributed by atoms with E-state index in [9.17, 15) is 18.0 Å². The number of halogens is 1. The van der Waals surface area contributed by atoms with Crippen LogP contribution in [0.5, 0.6) is 11.5 Å². The first-order chi connectivity index (χ1) is 17.3. The zero-order chi connectivity index (χ0) is 27.4. The summed E-state index contributed by atoms with van der Waals surface area (Å²) in [6, 6.07) is 11.3. The summed E-state index contributed by atoms with van der Waals surface area (Å²) >= 11 is 6.34. The number of nitrogens with zero attached hydrogens (tertiary/aromatic N) is 2. The second-order valence-corrected chi connectivity index (χ2v) is 12.3. The Kier molecular flexibility index (Phi) is 8.96. The van der Waals surface area contributed by atoms with Gasteiger partial charge in [0, 0.05) is 36.1 Å². The number of hydrogen-bond donors (Lipinski definition) is 1. The van der Waals surface area contributed by atoms with Gasteiger partial charge in [-0.05, 0) is 57.9 Å². The predicted molar refractivity (Wildman–Crippen MR) is 143 cm³/mol. The molecule has 0 unspecified atom stereocenters. The predicted octanol–water partition coefficient (Wildman–Crippen LogP) is 3.95. The molecular weight excluding hydrogens is 518 g/mol. The minimum Gasteiger partial charge on any atom is -0.454 e. The van der Waals surface area contributed by atoms with E-state index in [1.807, 2.05) is 32.9 Å². The first-order valence-corrected chi connectivity index (χ1v) is 14.2. The summed E-state index contributed by atoms with van der Waals surface area (Å²) in [5, 5.41) is 3.41. The van der Waals surface area contributed by atoms with E-state index in [0.29, 0.717) is 27.8 Å². The number of carbonyl (C=O) groups excluding carboxylic acids is 2. The molecule has 2 amide bonds. The summed E-state index contributed by atoms with van der Waals surface area (Å²) < 4.78 is 37.0. The van der Waals surface area contributed by atoms with Gasteiger partial charge in [0.1, 0.15) is 6.04 Å². The number of carbonyl (C=O) groups is 2. The molecule has 0 aliphatic carbocycles. The van der Waals surface area contributed by atoms with E-state index in [0.717, 1.165) is 6.26 Å². The number of benzene rings is 2. The van der Waals surface area contributed by atoms with Gasteiger partial charge in [0.05, 0.1) is 11.9 Å². The summed E-state index contributed by atoms with van der Waals surface area (Å²) in [7, 11) is -3.63. The molecular formula is C26H34ClN3O6S. The van der Waals surface area contributed by atoms with Crippen molar-refractivity contribution in [2.45, 2.75) is 58.7 Å². The highest BCUT2D eigenvalue weighted by Gasteiger charge is 2.29. The number of hydrogen-bond acceptors (Lipinski definition) is 6. The Morgan fingerprint density at radius 3 is 2.43 bits per heavy atom. The van der Waals surface area contributed by atoms with Gasteiger partial charge in [-0.3, -0.25) is 13.9 Å². The molecule has 11 heteroatoms. The van der Waals surface area contributed by atoms with Crippen LogP contribution >= 0.6 is 11.6 Å². The molecule has 202 valence electrons. The molecule has 1 atom stereocenters. The maximum atomic E-state index is 13.4. The Morgan fingerprint density at radius 2 is 1.78 bits per heavy atom. The number of fused-ring (bicyclic) bond motifs is 1. The van der Waals surface area contributed by atoms with Crippen LogP contribution in [0.25, 0.3) is 0 Å². The van der Waals surface area contributed by atoms with Crippen LogP contribution in [0.2, 0.25) is 5.02 Å². The molecule has 0 fully saturated rings. The molecule has 1 aliphatic heterocycles. The molecule has 2 aromatic carbocycles. The van der Waals surface area contributed by atoms with E-state index >= 15 is 0 Å². The fourth-order valence-corrected chi connectivity index (χ4v) is 5.06. The van der Waals surface area contributed by atoms with E-state index in [2.05, 4.69) is 5.32 Å². The molecule has 0 radical (unpaired) electrons. The van der Waals surface area contributed by atoms with Gasteiger partial charge in [-0.25, -0.2) is 8.42 Å². The number of amides is 2. The summed E-state index contributed by atoms with van der Waals surface area (Å²) in [6.07, 6.45) is 1.39. The van der Waals surface area contributed by atoms with Gasteiger partial charge in [-0.2, -0.15) is 0 Å². The van der Waals surface area contributed by atoms with E-state index < -0.39 is 21.6 Å². The molecule has 9 nitrogen and oxygen atoms in total. The average Bonchev–Trinajstić information content (AvgIpc) is 3.26. The van der Waals surface area contributed by atoms with Crippen LogP contribution in [-0.4, -0.2) is 56.3 Å². The SMILES string of the molecule is C[C@@H](C(=O)NC(C)(C)C)N(Cc1ccccc1Cl)C(=O)CCCN(c1ccc2c(c1)OCO2)S(C)(=O)=O. The standard InChI is InChI=1S/C26H34ClN3O6S/c1-18(25(32)28-26(2,3)4)29(16-19-9-6-7-10-21(19)27)24(31)11-8-14-30(37(5,33)34)20-12-13-22-23(15-20)36-17-35-22/h6-7,9-10,12-13,15,18H,8,11,14,16-17H2,1-5H3,(H,28,32)/t18-/m0/s1. The lowest BCUT2D eigenvalue weighted by atomic mass is 10.1. The van der Waals surface area contributed by atoms with Crippen molar-refractivity contribution in [2.75, 3.05) is 23.9 Å². The van der Waals surface area contributed by atoms with Crippen LogP contribution in [0.4, 0.5) is 5.69 Å². The Hall–Kier alpha value is -2.98. The third-order valence-electron chi connectivity index (χ3n) is 5.76. The van der Waals surface area contributed by atoms with Crippen molar-refractivity contribution in [1.29, 1.82) is 0 Å². The van der Waals surface area contributed by atoms with Crippen molar-refractivity contribution in [1.82, 2.24) is 10.2 Å². The fraction of sp³-hybridized carbons (Fsp3) is 0.462. The summed E-state index contributed by atoms with van der Waals surface area (Å²) in [6.45, 7) is 7.58. The lowest BCUT2D eigenvalue weighted by Crippen LogP contribution is -2.52. The summed E-state index contributed by atoms with van der Waals surface area (Å²) in [5.74, 6) is 0.443. The van der Waals surface area contributed by atoms with Crippen molar-refractivity contribution in [2.24, 2.45) is 0 Å². The molecule has 0 aromatic heterocycles. The Balaban J connectivity index is 1.75. The number of ether oxygens (including phenoxy) is 2. The van der Waals surface area contributed by atoms with Crippen molar-refractivity contribution in [3.05, 3.63) is 53.1 Å². The smallest absolute Gasteiger partial charge is 0.242 e. The van der Waals surface area contributed by atoms with Gasteiger partial charge >= 0.3 is 0 Å². The summed E-state index contributed by atoms with van der Waals surface area (Å²) in [5.41, 5.74) is 0.668. The molecule has 3 rings (SSSR count). The Bertz CT molecular complexity index is 1250. The van der Waals surface area contributed by atoms with E-state index in [1.165, 1.54) is 9.21 Å². The summed E-state index contributed by atoms with van der Waals surface area (Å²) in [4.78, 5) is 27.8. The van der Waals surface area contributed by atoms with Crippen molar-refractivity contribution in [3.8, 4) is 11.5 Å². The van der Waals surface area contributed by atoms with Gasteiger partial charge in [0.2, 0.25) is 28.6 Å². The zero-order valence-electron chi connectivity index (χ0n) is 21.8. The number of anilines is 1. The van der Waals surface area contributed by atoms with Crippen molar-refractivity contribution >= 4 is 39.1 Å². The second-order valence-electron chi connectivity index (χ2n) is 10.0. The highest BCUT2D eigenvalue weighted by molar-refractivity contribution is 7.92. The number of nitrogens with one attached hydrogen (secondary N) is 1. The Morgan fingerprint density at radius 1 is 1.11 bits per heavy atom. The van der Waals surface area contributed by atoms with E-state index in [4.69, 9.17) is 21.1 Å². The monoisotopic (exact) mass is 551 g/mol. The van der Waals surface area contributed by atoms with Gasteiger partial charge in [-0.15, -0.1) is 0 Å². The van der Waals surface area contributed by atoms with Crippen LogP contribution in [0.1, 0.15) is 46.1 Å². The van der Waals surface area contributed by atoms with E-state index in [-0.39, 0.29) is 44.5 Å². The van der Waals surface area contributed by atoms with Crippen LogP contribution in [0, 0.1) is 0 Å². The molecule has 2 aromatic rings. The molecule has 0 spiro atoms. The van der Waals surface area contributed by atoms with Gasteiger partial charge in [0.15, 0.2) is 11.5 Å². The molecule has 0 bridgehead atoms. The van der Waals surface area contributed by atoms with Crippen LogP contribution in [0.3, 0.4) is 0 Å². The lowest BCUT2D eigenvalue weighted by molar-refractivity contribution is -0.141. The van der Waals surface area contributed by atoms with Crippen molar-refractivity contribution < 1.29 is 27.5 Å². The minimum atomic E-state index is -3.63. The maximum Gasteiger partial charge on any atom is 0.242 e. The lowest BCUT2D eigenvalue weighted by Gasteiger charge is -2.32. The maximum absolute atomic E-state index is 13.4. The molecule has 1 aliphatic rings. The van der Waals surface area contributed by atoms with Gasteiger partial charge in [0.25, 0.3) is 0 Å². The fourth-order valence-electron chi connectivity index (χ4n) is 3.91. The largest absolute Gasteiger partial charge is 0.454 e. The van der Waals surface area contributed by atoms with Gasteiger partial charge in [-0.1, -0.05) is 29.8 Å². The highest BCUT2D eigenvalue weighted by Crippen LogP contribution is 2.36. The molecule has 37 heavy (non-hydrogen) atoms. The molecule has 1 heterocycles. The van der Waals surface area contributed by atoms with Crippen LogP contribution in [0.15, 0.2) is 42.5 Å². The van der Waals surface area contributed by atoms with Gasteiger partial charge < -0.3 is 19.7 Å². The zero-order valence-corrected chi connectivity index (χ0v) is 23.4. The first-order valence-electron chi connectivity index (χ1n) is 12.0. The van der Waals surface area contributed by atoms with Crippen LogP contribution < -0.4 is 19.1 Å². The molecule has 1 N–H and O–H groups in total. The number of sulfonamides is 1. The topological polar surface area (TPSA) is 105 Å². The van der Waals surface area contributed by atoms with E-state index in [1.54, 1.807) is 37.3 Å². The minimum absolute atomic E-state index is 0.0359.